The average Bonchev–Trinajstić information content (AvgIpc) is 2.62. The molecule has 0 aliphatic rings. The van der Waals surface area contributed by atoms with E-state index in [1.54, 1.807) is 19.1 Å². The molecule has 2 aromatic rings. The second-order valence-electron chi connectivity index (χ2n) is 5.34. The summed E-state index contributed by atoms with van der Waals surface area (Å²) in [5, 5.41) is 13.5. The van der Waals surface area contributed by atoms with Crippen molar-refractivity contribution < 1.29 is 24.0 Å². The summed E-state index contributed by atoms with van der Waals surface area (Å²) < 4.78 is 5.42. The van der Waals surface area contributed by atoms with Crippen LogP contribution in [0.1, 0.15) is 44.9 Å². The molecule has 0 fully saturated rings. The zero-order chi connectivity index (χ0) is 19.3. The van der Waals surface area contributed by atoms with Crippen molar-refractivity contribution in [1.29, 1.82) is 0 Å². The Hall–Kier alpha value is -3.55. The van der Waals surface area contributed by atoms with Gasteiger partial charge in [0.15, 0.2) is 5.78 Å². The molecule has 0 saturated carbocycles. The number of nitro benzene ring substituents is 1. The number of hydrogen-bond acceptors (Lipinski definition) is 6. The van der Waals surface area contributed by atoms with E-state index in [0.717, 1.165) is 12.1 Å². The maximum atomic E-state index is 12.5. The number of carbonyl (C=O) groups is 3. The minimum atomic E-state index is -0.689. The van der Waals surface area contributed by atoms with Crippen molar-refractivity contribution in [2.75, 3.05) is 11.9 Å². The number of ether oxygens (including phenoxy) is 1. The van der Waals surface area contributed by atoms with Gasteiger partial charge in [0.05, 0.1) is 17.2 Å². The number of Topliss-reactive ketones (excluding diaryl/α,β-unsaturated/α-hetero) is 1. The van der Waals surface area contributed by atoms with Gasteiger partial charge in [0, 0.05) is 28.8 Å². The first-order chi connectivity index (χ1) is 12.3. The molecule has 0 aliphatic heterocycles. The number of benzene rings is 2. The van der Waals surface area contributed by atoms with Crippen LogP contribution in [0.3, 0.4) is 0 Å². The van der Waals surface area contributed by atoms with E-state index in [-0.39, 0.29) is 28.3 Å². The standard InChI is InChI=1S/C18H16N2O6/c1-3-26-17-5-4-13(11(2)22)9-16(17)19-18(23)14-6-12(10-21)7-15(8-14)20(24)25/h4-10H,3H2,1-2H3,(H,19,23). The predicted molar refractivity (Wildman–Crippen MR) is 94.1 cm³/mol. The van der Waals surface area contributed by atoms with Crippen LogP contribution in [0, 0.1) is 10.1 Å². The Morgan fingerprint density at radius 3 is 2.50 bits per heavy atom. The molecule has 0 atom stereocenters. The Balaban J connectivity index is 2.41. The van der Waals surface area contributed by atoms with Crippen LogP contribution >= 0.6 is 0 Å². The summed E-state index contributed by atoms with van der Waals surface area (Å²) in [6, 6.07) is 7.97. The number of non-ortho nitro benzene ring substituents is 1. The Bertz CT molecular complexity index is 891. The maximum absolute atomic E-state index is 12.5. The number of ketones is 1. The molecule has 2 aromatic carbocycles. The highest BCUT2D eigenvalue weighted by Crippen LogP contribution is 2.27. The number of anilines is 1. The van der Waals surface area contributed by atoms with E-state index in [9.17, 15) is 24.5 Å². The van der Waals surface area contributed by atoms with Crippen LogP contribution in [0.2, 0.25) is 0 Å². The van der Waals surface area contributed by atoms with E-state index >= 15 is 0 Å². The molecule has 0 aromatic heterocycles. The molecule has 0 heterocycles. The third-order valence-electron chi connectivity index (χ3n) is 3.48. The SMILES string of the molecule is CCOc1ccc(C(C)=O)cc1NC(=O)c1cc(C=O)cc([N+](=O)[O-])c1. The van der Waals surface area contributed by atoms with Crippen LogP contribution < -0.4 is 10.1 Å². The molecule has 1 N–H and O–H groups in total. The van der Waals surface area contributed by atoms with Gasteiger partial charge in [-0.1, -0.05) is 0 Å². The fraction of sp³-hybridized carbons (Fsp3) is 0.167. The van der Waals surface area contributed by atoms with Crippen LogP contribution in [0.15, 0.2) is 36.4 Å². The number of rotatable bonds is 7. The zero-order valence-corrected chi connectivity index (χ0v) is 14.1. The summed E-state index contributed by atoms with van der Waals surface area (Å²) in [4.78, 5) is 45.3. The topological polar surface area (TPSA) is 116 Å². The zero-order valence-electron chi connectivity index (χ0n) is 14.1. The number of aldehydes is 1. The summed E-state index contributed by atoms with van der Waals surface area (Å²) in [6.07, 6.45) is 0.422. The summed E-state index contributed by atoms with van der Waals surface area (Å²) in [6.45, 7) is 3.49. The lowest BCUT2D eigenvalue weighted by Gasteiger charge is -2.13. The Morgan fingerprint density at radius 2 is 1.92 bits per heavy atom. The van der Waals surface area contributed by atoms with Gasteiger partial charge in [-0.2, -0.15) is 0 Å². The van der Waals surface area contributed by atoms with Crippen molar-refractivity contribution in [3.05, 3.63) is 63.2 Å². The lowest BCUT2D eigenvalue weighted by molar-refractivity contribution is -0.384. The van der Waals surface area contributed by atoms with Gasteiger partial charge in [-0.25, -0.2) is 0 Å². The second kappa shape index (κ2) is 8.02. The van der Waals surface area contributed by atoms with Crippen LogP contribution in [-0.4, -0.2) is 29.5 Å². The largest absolute Gasteiger partial charge is 0.492 e. The van der Waals surface area contributed by atoms with E-state index in [2.05, 4.69) is 5.32 Å². The van der Waals surface area contributed by atoms with Crippen molar-refractivity contribution in [1.82, 2.24) is 0 Å². The Morgan fingerprint density at radius 1 is 1.19 bits per heavy atom. The molecule has 0 spiro atoms. The van der Waals surface area contributed by atoms with Gasteiger partial charge in [0.1, 0.15) is 12.0 Å². The molecule has 134 valence electrons. The summed E-state index contributed by atoms with van der Waals surface area (Å²) in [7, 11) is 0. The third-order valence-corrected chi connectivity index (χ3v) is 3.48. The minimum absolute atomic E-state index is 0.00636. The summed E-state index contributed by atoms with van der Waals surface area (Å²) >= 11 is 0. The van der Waals surface area contributed by atoms with Gasteiger partial charge in [-0.05, 0) is 38.1 Å². The molecule has 8 nitrogen and oxygen atoms in total. The summed E-state index contributed by atoms with van der Waals surface area (Å²) in [5.41, 5.74) is 0.200. The number of amides is 1. The second-order valence-corrected chi connectivity index (χ2v) is 5.34. The first-order valence-corrected chi connectivity index (χ1v) is 7.69. The van der Waals surface area contributed by atoms with Gasteiger partial charge < -0.3 is 10.1 Å². The van der Waals surface area contributed by atoms with Crippen LogP contribution in [0.25, 0.3) is 0 Å². The van der Waals surface area contributed by atoms with Gasteiger partial charge in [0.2, 0.25) is 0 Å². The van der Waals surface area contributed by atoms with Crippen LogP contribution in [-0.2, 0) is 0 Å². The lowest BCUT2D eigenvalue weighted by Crippen LogP contribution is -2.14. The van der Waals surface area contributed by atoms with E-state index < -0.39 is 10.8 Å². The van der Waals surface area contributed by atoms with E-state index in [1.807, 2.05) is 0 Å². The first-order valence-electron chi connectivity index (χ1n) is 7.69. The normalized spacial score (nSPS) is 10.1. The summed E-state index contributed by atoms with van der Waals surface area (Å²) in [5.74, 6) is -0.507. The number of hydrogen-bond donors (Lipinski definition) is 1. The molecule has 1 amide bonds. The molecule has 2 rings (SSSR count). The Kier molecular flexibility index (Phi) is 5.79. The molecule has 8 heteroatoms. The Labute approximate surface area is 148 Å². The van der Waals surface area contributed by atoms with E-state index in [0.29, 0.717) is 24.2 Å². The number of carbonyl (C=O) groups excluding carboxylic acids is 3. The first kappa shape index (κ1) is 18.8. The van der Waals surface area contributed by atoms with Gasteiger partial charge in [-0.3, -0.25) is 24.5 Å². The molecular weight excluding hydrogens is 340 g/mol. The fourth-order valence-electron chi connectivity index (χ4n) is 2.26. The molecule has 0 aliphatic carbocycles. The van der Waals surface area contributed by atoms with Crippen molar-refractivity contribution in [2.24, 2.45) is 0 Å². The highest BCUT2D eigenvalue weighted by Gasteiger charge is 2.17. The van der Waals surface area contributed by atoms with Crippen molar-refractivity contribution in [2.45, 2.75) is 13.8 Å². The monoisotopic (exact) mass is 356 g/mol. The molecule has 0 radical (unpaired) electrons. The highest BCUT2D eigenvalue weighted by molar-refractivity contribution is 6.07. The molecule has 26 heavy (non-hydrogen) atoms. The predicted octanol–water partition coefficient (Wildman–Crippen LogP) is 3.26. The lowest BCUT2D eigenvalue weighted by atomic mass is 10.1. The number of nitrogens with zero attached hydrogens (tertiary/aromatic N) is 1. The van der Waals surface area contributed by atoms with Gasteiger partial charge in [-0.15, -0.1) is 0 Å². The molecule has 0 bridgehead atoms. The maximum Gasteiger partial charge on any atom is 0.270 e. The van der Waals surface area contributed by atoms with Crippen molar-refractivity contribution in [3.63, 3.8) is 0 Å². The fourth-order valence-corrected chi connectivity index (χ4v) is 2.26. The number of nitrogens with one attached hydrogen (secondary N) is 1. The van der Waals surface area contributed by atoms with E-state index in [1.165, 1.54) is 19.1 Å². The smallest absolute Gasteiger partial charge is 0.270 e. The third kappa shape index (κ3) is 4.29. The quantitative estimate of drug-likeness (QED) is 0.352. The van der Waals surface area contributed by atoms with Crippen molar-refractivity contribution in [3.8, 4) is 5.75 Å². The molecular formula is C18H16N2O6. The highest BCUT2D eigenvalue weighted by atomic mass is 16.6. The van der Waals surface area contributed by atoms with Crippen LogP contribution in [0.5, 0.6) is 5.75 Å². The van der Waals surface area contributed by atoms with Gasteiger partial charge >= 0.3 is 0 Å². The number of nitro groups is 1. The van der Waals surface area contributed by atoms with E-state index in [4.69, 9.17) is 4.74 Å². The molecule has 0 unspecified atom stereocenters. The van der Waals surface area contributed by atoms with Gasteiger partial charge in [0.25, 0.3) is 11.6 Å². The van der Waals surface area contributed by atoms with Crippen molar-refractivity contribution >= 4 is 29.4 Å². The van der Waals surface area contributed by atoms with Crippen LogP contribution in [0.4, 0.5) is 11.4 Å². The minimum Gasteiger partial charge on any atom is -0.492 e. The molecule has 0 saturated heterocycles. The average molecular weight is 356 g/mol.